The van der Waals surface area contributed by atoms with Crippen LogP contribution in [0.3, 0.4) is 0 Å². The second-order valence-electron chi connectivity index (χ2n) is 4.45. The Hall–Kier alpha value is -1.70. The summed E-state index contributed by atoms with van der Waals surface area (Å²) in [5.74, 6) is 0.319. The van der Waals surface area contributed by atoms with Crippen LogP contribution < -0.4 is 10.9 Å². The van der Waals surface area contributed by atoms with Crippen LogP contribution in [0.15, 0.2) is 29.1 Å². The number of carbonyl (C=O) groups is 1. The van der Waals surface area contributed by atoms with Crippen molar-refractivity contribution in [1.29, 1.82) is 0 Å². The van der Waals surface area contributed by atoms with Crippen molar-refractivity contribution in [3.05, 3.63) is 55.3 Å². The van der Waals surface area contributed by atoms with Gasteiger partial charge in [0.25, 0.3) is 5.56 Å². The molecule has 0 bridgehead atoms. The number of benzene rings is 1. The van der Waals surface area contributed by atoms with Gasteiger partial charge in [-0.3, -0.25) is 9.59 Å². The fourth-order valence-electron chi connectivity index (χ4n) is 1.86. The van der Waals surface area contributed by atoms with Gasteiger partial charge in [-0.25, -0.2) is 4.98 Å². The molecule has 2 aromatic rings. The third-order valence-corrected chi connectivity index (χ3v) is 3.53. The summed E-state index contributed by atoms with van der Waals surface area (Å²) in [7, 11) is 0. The number of rotatable bonds is 3. The Balaban J connectivity index is 2.12. The highest BCUT2D eigenvalue weighted by Gasteiger charge is 2.11. The molecule has 0 aliphatic rings. The molecular weight excluding hydrogens is 369 g/mol. The molecule has 0 atom stereocenters. The molecule has 0 aliphatic heterocycles. The van der Waals surface area contributed by atoms with Gasteiger partial charge in [-0.2, -0.15) is 0 Å². The zero-order valence-electron chi connectivity index (χ0n) is 11.2. The molecule has 0 radical (unpaired) electrons. The fourth-order valence-corrected chi connectivity index (χ4v) is 2.22. The van der Waals surface area contributed by atoms with Crippen LogP contribution >= 0.6 is 22.6 Å². The van der Waals surface area contributed by atoms with E-state index in [-0.39, 0.29) is 17.9 Å². The summed E-state index contributed by atoms with van der Waals surface area (Å²) in [6.07, 6.45) is 0.0143. The van der Waals surface area contributed by atoms with Gasteiger partial charge in [-0.1, -0.05) is 0 Å². The van der Waals surface area contributed by atoms with Crippen molar-refractivity contribution < 1.29 is 4.79 Å². The molecule has 104 valence electrons. The topological polar surface area (TPSA) is 74.8 Å². The Morgan fingerprint density at radius 2 is 1.95 bits per heavy atom. The summed E-state index contributed by atoms with van der Waals surface area (Å²) < 4.78 is 1.09. The van der Waals surface area contributed by atoms with Crippen molar-refractivity contribution in [2.24, 2.45) is 0 Å². The number of nitrogens with one attached hydrogen (secondary N) is 2. The molecule has 1 aromatic heterocycles. The van der Waals surface area contributed by atoms with Crippen LogP contribution in [0.1, 0.15) is 17.1 Å². The summed E-state index contributed by atoms with van der Waals surface area (Å²) in [6, 6.07) is 7.46. The lowest BCUT2D eigenvalue weighted by molar-refractivity contribution is -0.115. The van der Waals surface area contributed by atoms with E-state index in [0.29, 0.717) is 22.8 Å². The normalized spacial score (nSPS) is 10.3. The smallest absolute Gasteiger partial charge is 0.254 e. The van der Waals surface area contributed by atoms with Gasteiger partial charge in [0.05, 0.1) is 6.42 Å². The first-order valence-electron chi connectivity index (χ1n) is 6.07. The van der Waals surface area contributed by atoms with Gasteiger partial charge < -0.3 is 10.3 Å². The minimum Gasteiger partial charge on any atom is -0.326 e. The van der Waals surface area contributed by atoms with Crippen molar-refractivity contribution in [3.8, 4) is 0 Å². The van der Waals surface area contributed by atoms with Crippen molar-refractivity contribution in [2.75, 3.05) is 5.32 Å². The molecule has 1 amide bonds. The fraction of sp³-hybridized carbons (Fsp3) is 0.214. The van der Waals surface area contributed by atoms with Gasteiger partial charge in [0.1, 0.15) is 5.82 Å². The Labute approximate surface area is 130 Å². The molecule has 20 heavy (non-hydrogen) atoms. The number of carbonyl (C=O) groups excluding carboxylic acids is 1. The van der Waals surface area contributed by atoms with Gasteiger partial charge in [0.2, 0.25) is 5.91 Å². The van der Waals surface area contributed by atoms with Crippen molar-refractivity contribution >= 4 is 34.2 Å². The van der Waals surface area contributed by atoms with Gasteiger partial charge in [0.15, 0.2) is 0 Å². The van der Waals surface area contributed by atoms with Crippen LogP contribution in [-0.2, 0) is 11.2 Å². The molecule has 2 N–H and O–H groups in total. The zero-order chi connectivity index (χ0) is 14.7. The van der Waals surface area contributed by atoms with Crippen LogP contribution in [0.2, 0.25) is 0 Å². The van der Waals surface area contributed by atoms with Crippen LogP contribution in [0.25, 0.3) is 0 Å². The zero-order valence-corrected chi connectivity index (χ0v) is 13.3. The quantitative estimate of drug-likeness (QED) is 0.798. The lowest BCUT2D eigenvalue weighted by atomic mass is 10.1. The molecule has 0 saturated carbocycles. The number of aromatic amines is 1. The SMILES string of the molecule is Cc1nc(C)c(CC(=O)Nc2ccc(I)cc2)c(=O)[nH]1. The average Bonchev–Trinajstić information content (AvgIpc) is 2.36. The van der Waals surface area contributed by atoms with E-state index in [2.05, 4.69) is 37.9 Å². The highest BCUT2D eigenvalue weighted by Crippen LogP contribution is 2.11. The predicted octanol–water partition coefficient (Wildman–Crippen LogP) is 2.17. The van der Waals surface area contributed by atoms with E-state index in [1.807, 2.05) is 24.3 Å². The minimum absolute atomic E-state index is 0.0143. The number of aryl methyl sites for hydroxylation is 2. The van der Waals surface area contributed by atoms with Crippen molar-refractivity contribution in [1.82, 2.24) is 9.97 Å². The molecule has 5 nitrogen and oxygen atoms in total. The summed E-state index contributed by atoms with van der Waals surface area (Å²) in [6.45, 7) is 3.44. The lowest BCUT2D eigenvalue weighted by Gasteiger charge is -2.07. The minimum atomic E-state index is -0.257. The average molecular weight is 383 g/mol. The molecule has 0 aliphatic carbocycles. The number of hydrogen-bond donors (Lipinski definition) is 2. The van der Waals surface area contributed by atoms with E-state index in [4.69, 9.17) is 0 Å². The summed E-state index contributed by atoms with van der Waals surface area (Å²) in [5.41, 5.74) is 1.44. The molecule has 1 heterocycles. The van der Waals surface area contributed by atoms with Crippen LogP contribution in [0.4, 0.5) is 5.69 Å². The molecule has 0 saturated heterocycles. The molecule has 0 spiro atoms. The van der Waals surface area contributed by atoms with Crippen molar-refractivity contribution in [3.63, 3.8) is 0 Å². The Morgan fingerprint density at radius 3 is 2.55 bits per heavy atom. The van der Waals surface area contributed by atoms with Crippen LogP contribution in [0, 0.1) is 17.4 Å². The van der Waals surface area contributed by atoms with Gasteiger partial charge in [0, 0.05) is 20.5 Å². The molecular formula is C14H14IN3O2. The van der Waals surface area contributed by atoms with E-state index < -0.39 is 0 Å². The second-order valence-corrected chi connectivity index (χ2v) is 5.69. The Morgan fingerprint density at radius 1 is 1.30 bits per heavy atom. The molecule has 0 fully saturated rings. The maximum Gasteiger partial charge on any atom is 0.254 e. The van der Waals surface area contributed by atoms with E-state index in [0.717, 1.165) is 3.57 Å². The first-order chi connectivity index (χ1) is 9.45. The second kappa shape index (κ2) is 6.17. The maximum absolute atomic E-state index is 12.0. The molecule has 0 unspecified atom stereocenters. The summed E-state index contributed by atoms with van der Waals surface area (Å²) in [5, 5.41) is 2.76. The van der Waals surface area contributed by atoms with Crippen molar-refractivity contribution in [2.45, 2.75) is 20.3 Å². The number of nitrogens with zero attached hydrogens (tertiary/aromatic N) is 1. The third kappa shape index (κ3) is 3.66. The van der Waals surface area contributed by atoms with E-state index in [9.17, 15) is 9.59 Å². The van der Waals surface area contributed by atoms with Gasteiger partial charge in [-0.05, 0) is 60.7 Å². The highest BCUT2D eigenvalue weighted by molar-refractivity contribution is 14.1. The van der Waals surface area contributed by atoms with Gasteiger partial charge >= 0.3 is 0 Å². The standard InChI is InChI=1S/C14H14IN3O2/c1-8-12(14(20)17-9(2)16-8)7-13(19)18-11-5-3-10(15)4-6-11/h3-6H,7H2,1-2H3,(H,18,19)(H,16,17,20). The highest BCUT2D eigenvalue weighted by atomic mass is 127. The molecule has 2 rings (SSSR count). The Kier molecular flexibility index (Phi) is 4.53. The van der Waals surface area contributed by atoms with Crippen LogP contribution in [0.5, 0.6) is 0 Å². The number of aromatic nitrogens is 2. The summed E-state index contributed by atoms with van der Waals surface area (Å²) in [4.78, 5) is 30.6. The maximum atomic E-state index is 12.0. The third-order valence-electron chi connectivity index (χ3n) is 2.81. The summed E-state index contributed by atoms with van der Waals surface area (Å²) >= 11 is 2.19. The van der Waals surface area contributed by atoms with Gasteiger partial charge in [-0.15, -0.1) is 0 Å². The lowest BCUT2D eigenvalue weighted by Crippen LogP contribution is -2.24. The monoisotopic (exact) mass is 383 g/mol. The first kappa shape index (κ1) is 14.7. The number of H-pyrrole nitrogens is 1. The number of hydrogen-bond acceptors (Lipinski definition) is 3. The number of amides is 1. The number of halogens is 1. The Bertz CT molecular complexity index is 693. The van der Waals surface area contributed by atoms with E-state index in [1.54, 1.807) is 13.8 Å². The van der Waals surface area contributed by atoms with E-state index in [1.165, 1.54) is 0 Å². The first-order valence-corrected chi connectivity index (χ1v) is 7.15. The molecule has 6 heteroatoms. The predicted molar refractivity (Wildman–Crippen MR) is 85.8 cm³/mol. The number of anilines is 1. The largest absolute Gasteiger partial charge is 0.326 e. The van der Waals surface area contributed by atoms with E-state index >= 15 is 0 Å². The molecule has 1 aromatic carbocycles. The van der Waals surface area contributed by atoms with Crippen LogP contribution in [-0.4, -0.2) is 15.9 Å².